The Morgan fingerprint density at radius 2 is 2.10 bits per heavy atom. The van der Waals surface area contributed by atoms with E-state index in [0.717, 1.165) is 17.1 Å². The number of para-hydroxylation sites is 1. The molecule has 0 fully saturated rings. The van der Waals surface area contributed by atoms with Crippen LogP contribution in [0.1, 0.15) is 17.8 Å². The second kappa shape index (κ2) is 6.34. The topological polar surface area (TPSA) is 70.2 Å². The van der Waals surface area contributed by atoms with E-state index >= 15 is 0 Å². The van der Waals surface area contributed by atoms with Gasteiger partial charge in [0.1, 0.15) is 6.42 Å². The minimum absolute atomic E-state index is 0.198. The predicted molar refractivity (Wildman–Crippen MR) is 76.5 cm³/mol. The average molecular weight is 266 g/mol. The van der Waals surface area contributed by atoms with Crippen LogP contribution in [0.15, 0.2) is 47.6 Å². The zero-order chi connectivity index (χ0) is 14.4. The van der Waals surface area contributed by atoms with Crippen molar-refractivity contribution in [2.75, 3.05) is 0 Å². The van der Waals surface area contributed by atoms with Crippen LogP contribution < -0.4 is 5.43 Å². The molecule has 0 aliphatic carbocycles. The molecule has 0 radical (unpaired) electrons. The highest BCUT2D eigenvalue weighted by molar-refractivity contribution is 5.82. The number of nitrogens with one attached hydrogen (secondary N) is 1. The summed E-state index contributed by atoms with van der Waals surface area (Å²) in [4.78, 5) is 11.1. The van der Waals surface area contributed by atoms with Gasteiger partial charge in [-0.1, -0.05) is 18.2 Å². The van der Waals surface area contributed by atoms with Crippen LogP contribution in [0.3, 0.4) is 0 Å². The fourth-order valence-corrected chi connectivity index (χ4v) is 1.87. The van der Waals surface area contributed by atoms with Crippen LogP contribution in [0.25, 0.3) is 5.69 Å². The molecule has 100 valence electrons. The minimum atomic E-state index is -0.418. The number of benzene rings is 1. The first kappa shape index (κ1) is 13.6. The largest absolute Gasteiger partial charge is 0.313 e. The van der Waals surface area contributed by atoms with Crippen molar-refractivity contribution in [3.05, 3.63) is 53.9 Å². The highest BCUT2D eigenvalue weighted by Gasteiger charge is 2.05. The predicted octanol–water partition coefficient (Wildman–Crippen LogP) is 2.15. The van der Waals surface area contributed by atoms with Crippen molar-refractivity contribution in [2.45, 2.75) is 13.3 Å². The van der Waals surface area contributed by atoms with Gasteiger partial charge in [-0.15, -0.1) is 0 Å². The molecule has 1 aromatic heterocycles. The molecule has 1 amide bonds. The second-order valence-corrected chi connectivity index (χ2v) is 4.20. The smallest absolute Gasteiger partial charge is 0.254 e. The third-order valence-corrected chi connectivity index (χ3v) is 2.75. The van der Waals surface area contributed by atoms with E-state index in [1.165, 1.54) is 0 Å². The molecule has 0 aliphatic heterocycles. The van der Waals surface area contributed by atoms with E-state index in [9.17, 15) is 4.79 Å². The number of hydrazone groups is 1. The lowest BCUT2D eigenvalue weighted by Gasteiger charge is -2.08. The number of nitriles is 1. The molecule has 0 saturated heterocycles. The summed E-state index contributed by atoms with van der Waals surface area (Å²) in [6, 6.07) is 15.5. The maximum absolute atomic E-state index is 11.1. The molecule has 0 saturated carbocycles. The van der Waals surface area contributed by atoms with Gasteiger partial charge in [-0.2, -0.15) is 10.4 Å². The van der Waals surface area contributed by atoms with Crippen molar-refractivity contribution in [3.8, 4) is 11.8 Å². The van der Waals surface area contributed by atoms with Crippen molar-refractivity contribution < 1.29 is 4.79 Å². The van der Waals surface area contributed by atoms with Crippen molar-refractivity contribution in [2.24, 2.45) is 5.10 Å². The van der Waals surface area contributed by atoms with E-state index in [1.807, 2.05) is 54.0 Å². The third kappa shape index (κ3) is 3.12. The molecular weight excluding hydrogens is 252 g/mol. The van der Waals surface area contributed by atoms with Gasteiger partial charge < -0.3 is 4.57 Å². The number of aryl methyl sites for hydroxylation is 1. The number of carbonyl (C=O) groups excluding carboxylic acids is 1. The number of amides is 1. The van der Waals surface area contributed by atoms with Gasteiger partial charge >= 0.3 is 0 Å². The van der Waals surface area contributed by atoms with Gasteiger partial charge in [0.05, 0.1) is 18.0 Å². The third-order valence-electron chi connectivity index (χ3n) is 2.75. The van der Waals surface area contributed by atoms with Crippen LogP contribution >= 0.6 is 0 Å². The summed E-state index contributed by atoms with van der Waals surface area (Å²) in [5, 5.41) is 12.2. The Morgan fingerprint density at radius 3 is 2.80 bits per heavy atom. The Kier molecular flexibility index (Phi) is 4.30. The Labute approximate surface area is 117 Å². The maximum atomic E-state index is 11.1. The molecule has 1 heterocycles. The number of carbonyl (C=O) groups is 1. The Morgan fingerprint density at radius 1 is 1.35 bits per heavy atom. The van der Waals surface area contributed by atoms with E-state index in [0.29, 0.717) is 0 Å². The molecule has 0 unspecified atom stereocenters. The Hall–Kier alpha value is -2.87. The zero-order valence-electron chi connectivity index (χ0n) is 11.1. The van der Waals surface area contributed by atoms with Gasteiger partial charge in [0.25, 0.3) is 5.91 Å². The second-order valence-electron chi connectivity index (χ2n) is 4.20. The summed E-state index contributed by atoms with van der Waals surface area (Å²) in [5.41, 5.74) is 5.27. The fourth-order valence-electron chi connectivity index (χ4n) is 1.87. The first-order chi connectivity index (χ1) is 9.72. The molecule has 5 heteroatoms. The van der Waals surface area contributed by atoms with E-state index in [4.69, 9.17) is 5.26 Å². The molecule has 5 nitrogen and oxygen atoms in total. The van der Waals surface area contributed by atoms with Gasteiger partial charge in [-0.3, -0.25) is 4.79 Å². The summed E-state index contributed by atoms with van der Waals surface area (Å²) in [6.07, 6.45) is 1.37. The molecule has 1 N–H and O–H groups in total. The normalized spacial score (nSPS) is 10.4. The Bertz CT molecular complexity index is 665. The quantitative estimate of drug-likeness (QED) is 0.680. The van der Waals surface area contributed by atoms with Gasteiger partial charge in [0.15, 0.2) is 0 Å². The molecule has 0 aliphatic rings. The summed E-state index contributed by atoms with van der Waals surface area (Å²) in [7, 11) is 0. The average Bonchev–Trinajstić information content (AvgIpc) is 2.81. The highest BCUT2D eigenvalue weighted by atomic mass is 16.2. The number of hydrogen-bond acceptors (Lipinski definition) is 3. The van der Waals surface area contributed by atoms with Gasteiger partial charge in [-0.25, -0.2) is 5.43 Å². The maximum Gasteiger partial charge on any atom is 0.254 e. The van der Waals surface area contributed by atoms with Crippen LogP contribution in [0.4, 0.5) is 0 Å². The van der Waals surface area contributed by atoms with Crippen molar-refractivity contribution in [1.29, 1.82) is 5.26 Å². The molecule has 0 spiro atoms. The lowest BCUT2D eigenvalue weighted by Crippen LogP contribution is -2.16. The van der Waals surface area contributed by atoms with Crippen molar-refractivity contribution in [1.82, 2.24) is 9.99 Å². The van der Waals surface area contributed by atoms with Crippen LogP contribution in [-0.4, -0.2) is 16.7 Å². The van der Waals surface area contributed by atoms with Crippen LogP contribution in [0, 0.1) is 18.3 Å². The SMILES string of the molecule is Cc1ccc(/C=N/NC(=O)CC#N)n1-c1ccccc1. The van der Waals surface area contributed by atoms with Crippen molar-refractivity contribution >= 4 is 12.1 Å². The molecule has 20 heavy (non-hydrogen) atoms. The summed E-state index contributed by atoms with van der Waals surface area (Å²) in [6.45, 7) is 2.00. The van der Waals surface area contributed by atoms with Gasteiger partial charge in [0, 0.05) is 11.4 Å². The van der Waals surface area contributed by atoms with Crippen LogP contribution in [0.2, 0.25) is 0 Å². The number of aromatic nitrogens is 1. The summed E-state index contributed by atoms with van der Waals surface area (Å²) >= 11 is 0. The molecule has 1 aromatic carbocycles. The van der Waals surface area contributed by atoms with E-state index in [2.05, 4.69) is 10.5 Å². The molecule has 0 atom stereocenters. The van der Waals surface area contributed by atoms with Crippen molar-refractivity contribution in [3.63, 3.8) is 0 Å². The van der Waals surface area contributed by atoms with Crippen LogP contribution in [-0.2, 0) is 4.79 Å². The molecule has 0 bridgehead atoms. The first-order valence-electron chi connectivity index (χ1n) is 6.15. The van der Waals surface area contributed by atoms with E-state index in [-0.39, 0.29) is 6.42 Å². The monoisotopic (exact) mass is 266 g/mol. The zero-order valence-corrected chi connectivity index (χ0v) is 11.1. The molecule has 2 aromatic rings. The number of rotatable bonds is 4. The summed E-state index contributed by atoms with van der Waals surface area (Å²) in [5.74, 6) is -0.418. The Balaban J connectivity index is 2.20. The van der Waals surface area contributed by atoms with E-state index in [1.54, 1.807) is 12.3 Å². The van der Waals surface area contributed by atoms with Crippen LogP contribution in [0.5, 0.6) is 0 Å². The minimum Gasteiger partial charge on any atom is -0.313 e. The van der Waals surface area contributed by atoms with Gasteiger partial charge in [0.2, 0.25) is 0 Å². The highest BCUT2D eigenvalue weighted by Crippen LogP contribution is 2.15. The lowest BCUT2D eigenvalue weighted by molar-refractivity contribution is -0.120. The fraction of sp³-hybridized carbons (Fsp3) is 0.133. The summed E-state index contributed by atoms with van der Waals surface area (Å²) < 4.78 is 2.03. The molecular formula is C15H14N4O. The lowest BCUT2D eigenvalue weighted by atomic mass is 10.3. The number of nitrogens with zero attached hydrogens (tertiary/aromatic N) is 3. The van der Waals surface area contributed by atoms with E-state index < -0.39 is 5.91 Å². The first-order valence-corrected chi connectivity index (χ1v) is 6.15. The molecule has 2 rings (SSSR count). The van der Waals surface area contributed by atoms with Gasteiger partial charge in [-0.05, 0) is 31.2 Å². The number of hydrogen-bond donors (Lipinski definition) is 1. The standard InChI is InChI=1S/C15H14N4O/c1-12-7-8-14(11-17-18-15(20)9-10-16)19(12)13-5-3-2-4-6-13/h2-8,11H,9H2,1H3,(H,18,20)/b17-11+.